The summed E-state index contributed by atoms with van der Waals surface area (Å²) in [6.07, 6.45) is 3.61. The molecular formula is C9H13ClN2O. The normalized spacial score (nSPS) is 23.4. The molecule has 1 aliphatic rings. The lowest BCUT2D eigenvalue weighted by Crippen LogP contribution is -2.26. The number of hydrogen-bond donors (Lipinski definition) is 1. The Morgan fingerprint density at radius 1 is 1.54 bits per heavy atom. The fourth-order valence-corrected chi connectivity index (χ4v) is 1.98. The first-order chi connectivity index (χ1) is 6.27. The van der Waals surface area contributed by atoms with E-state index in [1.165, 1.54) is 12.8 Å². The molecule has 1 unspecified atom stereocenters. The van der Waals surface area contributed by atoms with Crippen molar-refractivity contribution in [3.05, 3.63) is 16.8 Å². The molecule has 1 fully saturated rings. The van der Waals surface area contributed by atoms with Crippen LogP contribution in [0.5, 0.6) is 0 Å². The van der Waals surface area contributed by atoms with Gasteiger partial charge < -0.3 is 9.73 Å². The van der Waals surface area contributed by atoms with Crippen molar-refractivity contribution in [3.63, 3.8) is 0 Å². The third kappa shape index (κ3) is 1.86. The smallest absolute Gasteiger partial charge is 0.292 e. The van der Waals surface area contributed by atoms with E-state index in [1.807, 2.05) is 6.92 Å². The second-order valence-electron chi connectivity index (χ2n) is 3.42. The van der Waals surface area contributed by atoms with Gasteiger partial charge in [-0.15, -0.1) is 0 Å². The minimum absolute atomic E-state index is 0.250. The molecule has 3 nitrogen and oxygen atoms in total. The summed E-state index contributed by atoms with van der Waals surface area (Å²) in [6, 6.07) is 0.314. The summed E-state index contributed by atoms with van der Waals surface area (Å²) in [5, 5.41) is 3.65. The van der Waals surface area contributed by atoms with Crippen LogP contribution in [0.2, 0.25) is 5.35 Å². The first-order valence-electron chi connectivity index (χ1n) is 4.63. The van der Waals surface area contributed by atoms with E-state index in [-0.39, 0.29) is 5.35 Å². The van der Waals surface area contributed by atoms with E-state index in [4.69, 9.17) is 16.0 Å². The van der Waals surface area contributed by atoms with Crippen LogP contribution in [0.1, 0.15) is 36.8 Å². The third-order valence-corrected chi connectivity index (χ3v) is 2.59. The number of halogens is 1. The molecule has 0 aliphatic carbocycles. The van der Waals surface area contributed by atoms with E-state index >= 15 is 0 Å². The fourth-order valence-electron chi connectivity index (χ4n) is 1.77. The van der Waals surface area contributed by atoms with Crippen LogP contribution in [0.15, 0.2) is 4.42 Å². The van der Waals surface area contributed by atoms with Crippen LogP contribution in [0.25, 0.3) is 0 Å². The molecule has 0 radical (unpaired) electrons. The van der Waals surface area contributed by atoms with Crippen molar-refractivity contribution in [2.24, 2.45) is 0 Å². The van der Waals surface area contributed by atoms with Crippen molar-refractivity contribution >= 4 is 11.6 Å². The molecule has 0 saturated carbocycles. The number of aromatic nitrogens is 1. The highest BCUT2D eigenvalue weighted by Gasteiger charge is 2.21. The molecule has 72 valence electrons. The van der Waals surface area contributed by atoms with Gasteiger partial charge in [-0.3, -0.25) is 0 Å². The zero-order valence-corrected chi connectivity index (χ0v) is 8.40. The molecule has 1 saturated heterocycles. The number of nitrogens with zero attached hydrogens (tertiary/aromatic N) is 1. The van der Waals surface area contributed by atoms with Crippen LogP contribution in [0.3, 0.4) is 0 Å². The summed E-state index contributed by atoms with van der Waals surface area (Å²) >= 11 is 5.68. The SMILES string of the molecule is Cc1nc(Cl)oc1C1CCCCN1. The Balaban J connectivity index is 2.18. The maximum Gasteiger partial charge on any atom is 0.292 e. The molecule has 0 aromatic carbocycles. The van der Waals surface area contributed by atoms with Gasteiger partial charge in [-0.1, -0.05) is 6.42 Å². The number of rotatable bonds is 1. The van der Waals surface area contributed by atoms with Crippen LogP contribution in [-0.2, 0) is 0 Å². The molecule has 1 aromatic heterocycles. The highest BCUT2D eigenvalue weighted by Crippen LogP contribution is 2.27. The quantitative estimate of drug-likeness (QED) is 0.757. The monoisotopic (exact) mass is 200 g/mol. The lowest BCUT2D eigenvalue weighted by Gasteiger charge is -2.21. The Bertz CT molecular complexity index is 292. The lowest BCUT2D eigenvalue weighted by atomic mass is 10.0. The molecule has 2 rings (SSSR count). The minimum atomic E-state index is 0.250. The number of aryl methyl sites for hydroxylation is 1. The van der Waals surface area contributed by atoms with Gasteiger partial charge in [-0.25, -0.2) is 4.98 Å². The predicted molar refractivity (Wildman–Crippen MR) is 50.8 cm³/mol. The van der Waals surface area contributed by atoms with Crippen molar-refractivity contribution in [1.82, 2.24) is 10.3 Å². The third-order valence-electron chi connectivity index (χ3n) is 2.43. The van der Waals surface area contributed by atoms with Gasteiger partial charge in [0.2, 0.25) is 0 Å². The number of nitrogens with one attached hydrogen (secondary N) is 1. The van der Waals surface area contributed by atoms with E-state index in [0.29, 0.717) is 6.04 Å². The van der Waals surface area contributed by atoms with Gasteiger partial charge in [-0.05, 0) is 37.9 Å². The molecule has 13 heavy (non-hydrogen) atoms. The van der Waals surface area contributed by atoms with Gasteiger partial charge >= 0.3 is 0 Å². The summed E-state index contributed by atoms with van der Waals surface area (Å²) in [5.74, 6) is 0.907. The van der Waals surface area contributed by atoms with Crippen molar-refractivity contribution in [2.75, 3.05) is 6.54 Å². The summed E-state index contributed by atoms with van der Waals surface area (Å²) in [4.78, 5) is 4.05. The van der Waals surface area contributed by atoms with Gasteiger partial charge in [0.1, 0.15) is 5.76 Å². The van der Waals surface area contributed by atoms with Crippen molar-refractivity contribution in [3.8, 4) is 0 Å². The van der Waals surface area contributed by atoms with Crippen molar-refractivity contribution in [1.29, 1.82) is 0 Å². The Kier molecular flexibility index (Phi) is 2.56. The van der Waals surface area contributed by atoms with Crippen LogP contribution in [0, 0.1) is 6.92 Å². The number of piperidine rings is 1. The standard InChI is InChI=1S/C9H13ClN2O/c1-6-8(13-9(10)12-6)7-4-2-3-5-11-7/h7,11H,2-5H2,1H3. The Morgan fingerprint density at radius 3 is 2.92 bits per heavy atom. The topological polar surface area (TPSA) is 38.1 Å². The molecule has 1 N–H and O–H groups in total. The van der Waals surface area contributed by atoms with Crippen molar-refractivity contribution in [2.45, 2.75) is 32.2 Å². The average molecular weight is 201 g/mol. The van der Waals surface area contributed by atoms with Gasteiger partial charge in [0, 0.05) is 0 Å². The lowest BCUT2D eigenvalue weighted by molar-refractivity contribution is 0.348. The molecule has 1 atom stereocenters. The van der Waals surface area contributed by atoms with Crippen LogP contribution in [-0.4, -0.2) is 11.5 Å². The molecule has 0 amide bonds. The minimum Gasteiger partial charge on any atom is -0.431 e. The zero-order chi connectivity index (χ0) is 9.26. The molecule has 2 heterocycles. The zero-order valence-electron chi connectivity index (χ0n) is 7.64. The molecule has 0 spiro atoms. The molecule has 0 bridgehead atoms. The van der Waals surface area contributed by atoms with Crippen LogP contribution in [0.4, 0.5) is 0 Å². The summed E-state index contributed by atoms with van der Waals surface area (Å²) in [5.41, 5.74) is 0.907. The highest BCUT2D eigenvalue weighted by atomic mass is 35.5. The number of oxazole rings is 1. The van der Waals surface area contributed by atoms with E-state index in [9.17, 15) is 0 Å². The first-order valence-corrected chi connectivity index (χ1v) is 5.01. The van der Waals surface area contributed by atoms with Crippen LogP contribution < -0.4 is 5.32 Å². The van der Waals surface area contributed by atoms with Gasteiger partial charge in [0.25, 0.3) is 5.35 Å². The summed E-state index contributed by atoms with van der Waals surface area (Å²) in [7, 11) is 0. The summed E-state index contributed by atoms with van der Waals surface area (Å²) in [6.45, 7) is 2.99. The first kappa shape index (κ1) is 9.03. The largest absolute Gasteiger partial charge is 0.431 e. The molecule has 4 heteroatoms. The number of hydrogen-bond acceptors (Lipinski definition) is 3. The van der Waals surface area contributed by atoms with E-state index < -0.39 is 0 Å². The van der Waals surface area contributed by atoms with E-state index in [2.05, 4.69) is 10.3 Å². The molecular weight excluding hydrogens is 188 g/mol. The Hall–Kier alpha value is -0.540. The summed E-state index contributed by atoms with van der Waals surface area (Å²) < 4.78 is 5.35. The van der Waals surface area contributed by atoms with Crippen molar-refractivity contribution < 1.29 is 4.42 Å². The maximum atomic E-state index is 5.68. The average Bonchev–Trinajstić information content (AvgIpc) is 2.47. The fraction of sp³-hybridized carbons (Fsp3) is 0.667. The van der Waals surface area contributed by atoms with E-state index in [0.717, 1.165) is 24.4 Å². The molecule has 1 aliphatic heterocycles. The Labute approximate surface area is 82.5 Å². The second-order valence-corrected chi connectivity index (χ2v) is 3.74. The van der Waals surface area contributed by atoms with Gasteiger partial charge in [0.05, 0.1) is 11.7 Å². The molecule has 1 aromatic rings. The Morgan fingerprint density at radius 2 is 2.38 bits per heavy atom. The van der Waals surface area contributed by atoms with Gasteiger partial charge in [-0.2, -0.15) is 0 Å². The second kappa shape index (κ2) is 3.68. The predicted octanol–water partition coefficient (Wildman–Crippen LogP) is 2.45. The maximum absolute atomic E-state index is 5.68. The van der Waals surface area contributed by atoms with Crippen LogP contribution >= 0.6 is 11.6 Å². The van der Waals surface area contributed by atoms with E-state index in [1.54, 1.807) is 0 Å². The highest BCUT2D eigenvalue weighted by molar-refractivity contribution is 6.27. The van der Waals surface area contributed by atoms with Gasteiger partial charge in [0.15, 0.2) is 0 Å².